The van der Waals surface area contributed by atoms with Gasteiger partial charge in [0.1, 0.15) is 6.04 Å². The van der Waals surface area contributed by atoms with E-state index in [9.17, 15) is 5.26 Å². The molecule has 1 aliphatic heterocycles. The van der Waals surface area contributed by atoms with E-state index in [4.69, 9.17) is 14.2 Å². The first kappa shape index (κ1) is 14.6. The predicted octanol–water partition coefficient (Wildman–Crippen LogP) is 1.99. The number of benzene rings is 1. The van der Waals surface area contributed by atoms with E-state index in [1.807, 2.05) is 25.1 Å². The van der Waals surface area contributed by atoms with Gasteiger partial charge in [0.15, 0.2) is 11.5 Å². The normalized spacial score (nSPS) is 17.2. The average Bonchev–Trinajstić information content (AvgIpc) is 2.50. The third-order valence-corrected chi connectivity index (χ3v) is 3.34. The molecule has 20 heavy (non-hydrogen) atoms. The first-order valence-electron chi connectivity index (χ1n) is 6.82. The maximum absolute atomic E-state index is 9.47. The number of hydrogen-bond donors (Lipinski definition) is 0. The van der Waals surface area contributed by atoms with Crippen molar-refractivity contribution < 1.29 is 14.2 Å². The van der Waals surface area contributed by atoms with Crippen molar-refractivity contribution in [1.29, 1.82) is 5.26 Å². The highest BCUT2D eigenvalue weighted by atomic mass is 16.5. The van der Waals surface area contributed by atoms with Gasteiger partial charge >= 0.3 is 0 Å². The van der Waals surface area contributed by atoms with Crippen LogP contribution in [0.25, 0.3) is 0 Å². The number of ether oxygens (including phenoxy) is 3. The lowest BCUT2D eigenvalue weighted by atomic mass is 10.1. The minimum absolute atomic E-state index is 0.274. The monoisotopic (exact) mass is 276 g/mol. The summed E-state index contributed by atoms with van der Waals surface area (Å²) in [5.74, 6) is 1.37. The van der Waals surface area contributed by atoms with Crippen LogP contribution < -0.4 is 9.47 Å². The average molecular weight is 276 g/mol. The summed E-state index contributed by atoms with van der Waals surface area (Å²) in [6.07, 6.45) is 0. The van der Waals surface area contributed by atoms with Crippen molar-refractivity contribution in [3.05, 3.63) is 23.8 Å². The number of methoxy groups -OCH3 is 1. The van der Waals surface area contributed by atoms with Crippen LogP contribution >= 0.6 is 0 Å². The smallest absolute Gasteiger partial charge is 0.161 e. The van der Waals surface area contributed by atoms with Crippen molar-refractivity contribution in [1.82, 2.24) is 4.90 Å². The Hall–Kier alpha value is -1.77. The molecule has 0 aliphatic carbocycles. The molecule has 0 unspecified atom stereocenters. The van der Waals surface area contributed by atoms with Crippen LogP contribution in [0.1, 0.15) is 18.5 Å². The molecule has 1 aromatic rings. The number of nitriles is 1. The number of nitrogens with zero attached hydrogens (tertiary/aromatic N) is 2. The highest BCUT2D eigenvalue weighted by Gasteiger charge is 2.23. The molecule has 0 spiro atoms. The lowest BCUT2D eigenvalue weighted by Crippen LogP contribution is -2.38. The van der Waals surface area contributed by atoms with E-state index in [0.29, 0.717) is 31.3 Å². The minimum Gasteiger partial charge on any atom is -0.493 e. The molecule has 108 valence electrons. The Balaban J connectivity index is 2.25. The Morgan fingerprint density at radius 3 is 2.70 bits per heavy atom. The van der Waals surface area contributed by atoms with Crippen molar-refractivity contribution in [2.45, 2.75) is 13.0 Å². The van der Waals surface area contributed by atoms with Gasteiger partial charge in [0.05, 0.1) is 33.0 Å². The quantitative estimate of drug-likeness (QED) is 0.823. The number of morpholine rings is 1. The summed E-state index contributed by atoms with van der Waals surface area (Å²) in [6, 6.07) is 7.76. The van der Waals surface area contributed by atoms with E-state index < -0.39 is 0 Å². The molecule has 1 aliphatic rings. The zero-order chi connectivity index (χ0) is 14.4. The van der Waals surface area contributed by atoms with Gasteiger partial charge in [-0.2, -0.15) is 5.26 Å². The van der Waals surface area contributed by atoms with E-state index in [0.717, 1.165) is 18.7 Å². The molecule has 1 saturated heterocycles. The SMILES string of the molecule is CCOc1cc([C@H](C#N)N2CCOCC2)ccc1OC. The summed E-state index contributed by atoms with van der Waals surface area (Å²) in [5, 5.41) is 9.47. The molecule has 0 saturated carbocycles. The zero-order valence-electron chi connectivity index (χ0n) is 12.0. The van der Waals surface area contributed by atoms with Crippen LogP contribution in [-0.2, 0) is 4.74 Å². The highest BCUT2D eigenvalue weighted by molar-refractivity contribution is 5.44. The van der Waals surface area contributed by atoms with E-state index >= 15 is 0 Å². The minimum atomic E-state index is -0.274. The molecule has 0 bridgehead atoms. The Morgan fingerprint density at radius 1 is 1.35 bits per heavy atom. The van der Waals surface area contributed by atoms with Crippen LogP contribution in [0.4, 0.5) is 0 Å². The summed E-state index contributed by atoms with van der Waals surface area (Å²) in [4.78, 5) is 2.13. The molecule has 1 atom stereocenters. The largest absolute Gasteiger partial charge is 0.493 e. The number of rotatable bonds is 5. The molecule has 0 amide bonds. The second-order valence-corrected chi connectivity index (χ2v) is 4.52. The van der Waals surface area contributed by atoms with E-state index in [1.165, 1.54) is 0 Å². The van der Waals surface area contributed by atoms with Gasteiger partial charge in [-0.05, 0) is 24.6 Å². The number of hydrogen-bond acceptors (Lipinski definition) is 5. The first-order chi connectivity index (χ1) is 9.80. The van der Waals surface area contributed by atoms with E-state index in [1.54, 1.807) is 7.11 Å². The van der Waals surface area contributed by atoms with Crippen LogP contribution in [0.5, 0.6) is 11.5 Å². The lowest BCUT2D eigenvalue weighted by molar-refractivity contribution is 0.0266. The first-order valence-corrected chi connectivity index (χ1v) is 6.82. The van der Waals surface area contributed by atoms with Crippen molar-refractivity contribution >= 4 is 0 Å². The second-order valence-electron chi connectivity index (χ2n) is 4.52. The molecule has 0 N–H and O–H groups in total. The fourth-order valence-corrected chi connectivity index (χ4v) is 2.33. The predicted molar refractivity (Wildman–Crippen MR) is 74.9 cm³/mol. The molecule has 2 rings (SSSR count). The van der Waals surface area contributed by atoms with Gasteiger partial charge in [0, 0.05) is 13.1 Å². The van der Waals surface area contributed by atoms with Crippen molar-refractivity contribution in [3.8, 4) is 17.6 Å². The molecule has 0 aromatic heterocycles. The van der Waals surface area contributed by atoms with Gasteiger partial charge in [-0.3, -0.25) is 4.90 Å². The van der Waals surface area contributed by atoms with Gasteiger partial charge in [0.25, 0.3) is 0 Å². The maximum atomic E-state index is 9.47. The van der Waals surface area contributed by atoms with E-state index in [-0.39, 0.29) is 6.04 Å². The van der Waals surface area contributed by atoms with Crippen LogP contribution in [0, 0.1) is 11.3 Å². The zero-order valence-corrected chi connectivity index (χ0v) is 12.0. The Kier molecular flexibility index (Phi) is 5.22. The van der Waals surface area contributed by atoms with Crippen molar-refractivity contribution in [2.75, 3.05) is 40.0 Å². The van der Waals surface area contributed by atoms with Crippen LogP contribution in [0.15, 0.2) is 18.2 Å². The highest BCUT2D eigenvalue weighted by Crippen LogP contribution is 2.32. The molecule has 1 aromatic carbocycles. The van der Waals surface area contributed by atoms with Gasteiger partial charge in [0.2, 0.25) is 0 Å². The second kappa shape index (κ2) is 7.13. The van der Waals surface area contributed by atoms with Gasteiger partial charge in [-0.1, -0.05) is 6.07 Å². The summed E-state index contributed by atoms with van der Waals surface area (Å²) in [7, 11) is 1.61. The molecular weight excluding hydrogens is 256 g/mol. The Labute approximate surface area is 119 Å². The van der Waals surface area contributed by atoms with E-state index in [2.05, 4.69) is 11.0 Å². The van der Waals surface area contributed by atoms with Crippen LogP contribution in [0.3, 0.4) is 0 Å². The summed E-state index contributed by atoms with van der Waals surface area (Å²) in [6.45, 7) is 5.38. The molecule has 1 heterocycles. The third kappa shape index (κ3) is 3.21. The van der Waals surface area contributed by atoms with Crippen LogP contribution in [-0.4, -0.2) is 44.9 Å². The molecule has 1 fully saturated rings. The van der Waals surface area contributed by atoms with Crippen molar-refractivity contribution in [3.63, 3.8) is 0 Å². The lowest BCUT2D eigenvalue weighted by Gasteiger charge is -2.30. The molecule has 5 heteroatoms. The Morgan fingerprint density at radius 2 is 2.10 bits per heavy atom. The summed E-state index contributed by atoms with van der Waals surface area (Å²) in [5.41, 5.74) is 0.929. The Bertz CT molecular complexity index is 478. The third-order valence-electron chi connectivity index (χ3n) is 3.34. The molecule has 5 nitrogen and oxygen atoms in total. The standard InChI is InChI=1S/C15H20N2O3/c1-3-20-15-10-12(4-5-14(15)18-2)13(11-16)17-6-8-19-9-7-17/h4-5,10,13H,3,6-9H2,1-2H3/t13-/m0/s1. The summed E-state index contributed by atoms with van der Waals surface area (Å²) >= 11 is 0. The van der Waals surface area contributed by atoms with Gasteiger partial charge in [-0.15, -0.1) is 0 Å². The fraction of sp³-hybridized carbons (Fsp3) is 0.533. The molecular formula is C15H20N2O3. The topological polar surface area (TPSA) is 54.7 Å². The van der Waals surface area contributed by atoms with Crippen molar-refractivity contribution in [2.24, 2.45) is 0 Å². The maximum Gasteiger partial charge on any atom is 0.161 e. The van der Waals surface area contributed by atoms with Crippen LogP contribution in [0.2, 0.25) is 0 Å². The van der Waals surface area contributed by atoms with Gasteiger partial charge < -0.3 is 14.2 Å². The fourth-order valence-electron chi connectivity index (χ4n) is 2.33. The van der Waals surface area contributed by atoms with Gasteiger partial charge in [-0.25, -0.2) is 0 Å². The molecule has 0 radical (unpaired) electrons. The summed E-state index contributed by atoms with van der Waals surface area (Å²) < 4.78 is 16.2.